The Kier molecular flexibility index (Phi) is 6.17. The molecule has 1 amide bonds. The number of benzene rings is 2. The molecular formula is C20H24N2O3. The fourth-order valence-corrected chi connectivity index (χ4v) is 2.17. The molecule has 0 spiro atoms. The van der Waals surface area contributed by atoms with Crippen LogP contribution in [0.3, 0.4) is 0 Å². The summed E-state index contributed by atoms with van der Waals surface area (Å²) >= 11 is 0. The van der Waals surface area contributed by atoms with Crippen LogP contribution in [0.4, 0.5) is 0 Å². The summed E-state index contributed by atoms with van der Waals surface area (Å²) in [5, 5.41) is 4.14. The minimum Gasteiger partial charge on any atom is -0.497 e. The minimum absolute atomic E-state index is 0.300. The highest BCUT2D eigenvalue weighted by molar-refractivity contribution is 5.99. The first-order valence-electron chi connectivity index (χ1n) is 8.13. The van der Waals surface area contributed by atoms with Crippen molar-refractivity contribution in [3.8, 4) is 11.5 Å². The predicted octanol–water partition coefficient (Wildman–Crippen LogP) is 3.62. The number of ether oxygens (including phenoxy) is 2. The molecule has 132 valence electrons. The first-order chi connectivity index (χ1) is 11.9. The summed E-state index contributed by atoms with van der Waals surface area (Å²) in [5.74, 6) is 1.14. The highest BCUT2D eigenvalue weighted by atomic mass is 16.5. The second-order valence-electron chi connectivity index (χ2n) is 5.91. The molecule has 1 unspecified atom stereocenters. The maximum absolute atomic E-state index is 12.2. The molecule has 0 saturated heterocycles. The number of carbonyl (C=O) groups excluding carboxylic acids is 1. The molecule has 0 saturated carbocycles. The Balaban J connectivity index is 1.96. The van der Waals surface area contributed by atoms with Gasteiger partial charge in [-0.05, 0) is 80.8 Å². The molecule has 5 heteroatoms. The third-order valence-electron chi connectivity index (χ3n) is 4.00. The number of methoxy groups -OCH3 is 1. The maximum atomic E-state index is 12.2. The van der Waals surface area contributed by atoms with Gasteiger partial charge in [-0.2, -0.15) is 5.10 Å². The van der Waals surface area contributed by atoms with Gasteiger partial charge in [0.1, 0.15) is 11.5 Å². The lowest BCUT2D eigenvalue weighted by Gasteiger charge is -2.14. The molecule has 1 N–H and O–H groups in total. The van der Waals surface area contributed by atoms with Crippen molar-refractivity contribution in [2.75, 3.05) is 7.11 Å². The normalized spacial score (nSPS) is 12.4. The van der Waals surface area contributed by atoms with Crippen molar-refractivity contribution < 1.29 is 14.3 Å². The van der Waals surface area contributed by atoms with E-state index in [0.29, 0.717) is 11.5 Å². The summed E-state index contributed by atoms with van der Waals surface area (Å²) in [6, 6.07) is 13.2. The molecule has 0 radical (unpaired) electrons. The second kappa shape index (κ2) is 8.33. The molecule has 2 aromatic carbocycles. The summed E-state index contributed by atoms with van der Waals surface area (Å²) < 4.78 is 10.8. The van der Waals surface area contributed by atoms with E-state index in [0.717, 1.165) is 16.9 Å². The molecule has 0 bridgehead atoms. The molecule has 1 atom stereocenters. The van der Waals surface area contributed by atoms with Crippen LogP contribution in [-0.2, 0) is 4.79 Å². The average molecular weight is 340 g/mol. The van der Waals surface area contributed by atoms with Crippen LogP contribution in [0.1, 0.15) is 30.5 Å². The molecule has 2 aromatic rings. The summed E-state index contributed by atoms with van der Waals surface area (Å²) in [5.41, 5.74) is 6.47. The second-order valence-corrected chi connectivity index (χ2v) is 5.91. The standard InChI is InChI=1S/C20H24N2O3/c1-13-6-9-19(12-14(13)2)25-16(4)20(23)22-21-15(3)17-7-10-18(24-5)11-8-17/h6-12,16H,1-5H3,(H,22,23)/b21-15+. The number of aryl methyl sites for hydroxylation is 2. The molecule has 0 aliphatic rings. The van der Waals surface area contributed by atoms with Gasteiger partial charge < -0.3 is 9.47 Å². The molecule has 0 aromatic heterocycles. The van der Waals surface area contributed by atoms with Crippen molar-refractivity contribution in [3.05, 3.63) is 59.2 Å². The van der Waals surface area contributed by atoms with Crippen molar-refractivity contribution >= 4 is 11.6 Å². The zero-order chi connectivity index (χ0) is 18.4. The van der Waals surface area contributed by atoms with Crippen molar-refractivity contribution in [3.63, 3.8) is 0 Å². The number of nitrogens with zero attached hydrogens (tertiary/aromatic N) is 1. The Hall–Kier alpha value is -2.82. The van der Waals surface area contributed by atoms with Crippen molar-refractivity contribution in [1.29, 1.82) is 0 Å². The molecule has 0 fully saturated rings. The molecule has 5 nitrogen and oxygen atoms in total. The molecule has 25 heavy (non-hydrogen) atoms. The molecule has 0 heterocycles. The van der Waals surface area contributed by atoms with Gasteiger partial charge in [0.05, 0.1) is 12.8 Å². The van der Waals surface area contributed by atoms with Crippen molar-refractivity contribution in [1.82, 2.24) is 5.43 Å². The Morgan fingerprint density at radius 2 is 1.68 bits per heavy atom. The lowest BCUT2D eigenvalue weighted by atomic mass is 10.1. The van der Waals surface area contributed by atoms with E-state index in [4.69, 9.17) is 9.47 Å². The average Bonchev–Trinajstić information content (AvgIpc) is 2.62. The van der Waals surface area contributed by atoms with Gasteiger partial charge in [0.2, 0.25) is 0 Å². The van der Waals surface area contributed by atoms with E-state index in [1.54, 1.807) is 14.0 Å². The van der Waals surface area contributed by atoms with E-state index in [2.05, 4.69) is 10.5 Å². The van der Waals surface area contributed by atoms with Gasteiger partial charge in [0.15, 0.2) is 6.10 Å². The number of nitrogens with one attached hydrogen (secondary N) is 1. The van der Waals surface area contributed by atoms with E-state index in [1.165, 1.54) is 5.56 Å². The van der Waals surface area contributed by atoms with E-state index in [-0.39, 0.29) is 5.91 Å². The minimum atomic E-state index is -0.644. The zero-order valence-electron chi connectivity index (χ0n) is 15.3. The van der Waals surface area contributed by atoms with Crippen LogP contribution in [0, 0.1) is 13.8 Å². The van der Waals surface area contributed by atoms with Crippen LogP contribution in [0.15, 0.2) is 47.6 Å². The Bertz CT molecular complexity index is 767. The van der Waals surface area contributed by atoms with Crippen molar-refractivity contribution in [2.45, 2.75) is 33.8 Å². The lowest BCUT2D eigenvalue weighted by Crippen LogP contribution is -2.34. The first kappa shape index (κ1) is 18.5. The van der Waals surface area contributed by atoms with Crippen molar-refractivity contribution in [2.24, 2.45) is 5.10 Å². The van der Waals surface area contributed by atoms with Crippen LogP contribution < -0.4 is 14.9 Å². The van der Waals surface area contributed by atoms with Crippen LogP contribution in [-0.4, -0.2) is 24.8 Å². The Labute approximate surface area is 148 Å². The van der Waals surface area contributed by atoms with Gasteiger partial charge >= 0.3 is 0 Å². The quantitative estimate of drug-likeness (QED) is 0.645. The SMILES string of the molecule is COc1ccc(/C(C)=N/NC(=O)C(C)Oc2ccc(C)c(C)c2)cc1. The molecule has 0 aliphatic heterocycles. The smallest absolute Gasteiger partial charge is 0.280 e. The van der Waals surface area contributed by atoms with Crippen LogP contribution in [0.5, 0.6) is 11.5 Å². The van der Waals surface area contributed by atoms with Gasteiger partial charge in [-0.1, -0.05) is 6.07 Å². The Morgan fingerprint density at radius 1 is 1.04 bits per heavy atom. The van der Waals surface area contributed by atoms with Crippen LogP contribution in [0.2, 0.25) is 0 Å². The fourth-order valence-electron chi connectivity index (χ4n) is 2.17. The van der Waals surface area contributed by atoms with Gasteiger partial charge in [-0.3, -0.25) is 4.79 Å². The number of carbonyl (C=O) groups is 1. The number of hydrogen-bond donors (Lipinski definition) is 1. The largest absolute Gasteiger partial charge is 0.497 e. The van der Waals surface area contributed by atoms with Crippen LogP contribution in [0.25, 0.3) is 0 Å². The van der Waals surface area contributed by atoms with Gasteiger partial charge in [0.25, 0.3) is 5.91 Å². The third kappa shape index (κ3) is 5.08. The first-order valence-corrected chi connectivity index (χ1v) is 8.13. The highest BCUT2D eigenvalue weighted by Gasteiger charge is 2.14. The summed E-state index contributed by atoms with van der Waals surface area (Å²) in [6.07, 6.45) is -0.644. The summed E-state index contributed by atoms with van der Waals surface area (Å²) in [6.45, 7) is 7.57. The summed E-state index contributed by atoms with van der Waals surface area (Å²) in [4.78, 5) is 12.2. The van der Waals surface area contributed by atoms with E-state index in [9.17, 15) is 4.79 Å². The predicted molar refractivity (Wildman–Crippen MR) is 99.4 cm³/mol. The van der Waals surface area contributed by atoms with Crippen LogP contribution >= 0.6 is 0 Å². The van der Waals surface area contributed by atoms with E-state index >= 15 is 0 Å². The summed E-state index contributed by atoms with van der Waals surface area (Å²) in [7, 11) is 1.62. The molecule has 0 aliphatic carbocycles. The molecular weight excluding hydrogens is 316 g/mol. The topological polar surface area (TPSA) is 59.9 Å². The number of hydrogen-bond acceptors (Lipinski definition) is 4. The third-order valence-corrected chi connectivity index (χ3v) is 4.00. The number of hydrazone groups is 1. The van der Waals surface area contributed by atoms with E-state index in [1.807, 2.05) is 63.2 Å². The Morgan fingerprint density at radius 3 is 2.28 bits per heavy atom. The fraction of sp³-hybridized carbons (Fsp3) is 0.300. The monoisotopic (exact) mass is 340 g/mol. The van der Waals surface area contributed by atoms with Gasteiger partial charge in [0, 0.05) is 0 Å². The molecule has 2 rings (SSSR count). The van der Waals surface area contributed by atoms with E-state index < -0.39 is 6.10 Å². The van der Waals surface area contributed by atoms with Gasteiger partial charge in [-0.25, -0.2) is 5.43 Å². The highest BCUT2D eigenvalue weighted by Crippen LogP contribution is 2.17. The number of amides is 1. The number of rotatable bonds is 6. The maximum Gasteiger partial charge on any atom is 0.280 e. The zero-order valence-corrected chi connectivity index (χ0v) is 15.3. The van der Waals surface area contributed by atoms with Gasteiger partial charge in [-0.15, -0.1) is 0 Å². The lowest BCUT2D eigenvalue weighted by molar-refractivity contribution is -0.127.